The molecule has 0 spiro atoms. The predicted molar refractivity (Wildman–Crippen MR) is 108 cm³/mol. The Morgan fingerprint density at radius 2 is 1.66 bits per heavy atom. The van der Waals surface area contributed by atoms with Gasteiger partial charge in [0.1, 0.15) is 5.75 Å². The molecule has 2 heterocycles. The standard InChI is InChI=1S/C21H17N3O4S/c25-18(10-11-28-14-6-2-1-3-7-14)23-21-22-12-15(29-21)13-24-19(26)16-8-4-5-9-17(16)20(24)27/h1-9,12H,10-11,13H2,(H,22,23,25). The Bertz CT molecular complexity index is 1030. The van der Waals surface area contributed by atoms with Gasteiger partial charge in [-0.1, -0.05) is 41.7 Å². The van der Waals surface area contributed by atoms with E-state index in [0.717, 1.165) is 0 Å². The lowest BCUT2D eigenvalue weighted by Crippen LogP contribution is -2.28. The summed E-state index contributed by atoms with van der Waals surface area (Å²) < 4.78 is 5.50. The number of carbonyl (C=O) groups excluding carboxylic acids is 3. The van der Waals surface area contributed by atoms with E-state index >= 15 is 0 Å². The lowest BCUT2D eigenvalue weighted by atomic mass is 10.1. The quantitative estimate of drug-likeness (QED) is 0.607. The maximum absolute atomic E-state index is 12.4. The summed E-state index contributed by atoms with van der Waals surface area (Å²) in [5.74, 6) is -0.148. The van der Waals surface area contributed by atoms with Crippen molar-refractivity contribution in [3.05, 3.63) is 76.8 Å². The van der Waals surface area contributed by atoms with Crippen LogP contribution in [-0.2, 0) is 11.3 Å². The lowest BCUT2D eigenvalue weighted by molar-refractivity contribution is -0.116. The summed E-state index contributed by atoms with van der Waals surface area (Å²) in [6.07, 6.45) is 1.74. The average Bonchev–Trinajstić information content (AvgIpc) is 3.27. The highest BCUT2D eigenvalue weighted by atomic mass is 32.1. The van der Waals surface area contributed by atoms with Gasteiger partial charge in [0.15, 0.2) is 5.13 Å². The Hall–Kier alpha value is -3.52. The van der Waals surface area contributed by atoms with Gasteiger partial charge in [0.05, 0.1) is 30.7 Å². The monoisotopic (exact) mass is 407 g/mol. The van der Waals surface area contributed by atoms with Crippen LogP contribution in [0.2, 0.25) is 0 Å². The molecule has 3 amide bonds. The van der Waals surface area contributed by atoms with Crippen LogP contribution in [0.4, 0.5) is 5.13 Å². The van der Waals surface area contributed by atoms with Gasteiger partial charge in [-0.15, -0.1) is 0 Å². The summed E-state index contributed by atoms with van der Waals surface area (Å²) in [6, 6.07) is 16.0. The van der Waals surface area contributed by atoms with Gasteiger partial charge in [-0.05, 0) is 24.3 Å². The molecule has 2 aromatic carbocycles. The molecule has 0 atom stereocenters. The van der Waals surface area contributed by atoms with Gasteiger partial charge in [0.2, 0.25) is 5.91 Å². The van der Waals surface area contributed by atoms with Crippen molar-refractivity contribution < 1.29 is 19.1 Å². The highest BCUT2D eigenvalue weighted by Crippen LogP contribution is 2.27. The van der Waals surface area contributed by atoms with E-state index in [-0.39, 0.29) is 37.3 Å². The lowest BCUT2D eigenvalue weighted by Gasteiger charge is -2.11. The fraction of sp³-hybridized carbons (Fsp3) is 0.143. The Morgan fingerprint density at radius 1 is 1.00 bits per heavy atom. The molecule has 0 bridgehead atoms. The maximum atomic E-state index is 12.4. The van der Waals surface area contributed by atoms with E-state index in [1.54, 1.807) is 30.5 Å². The fourth-order valence-electron chi connectivity index (χ4n) is 2.94. The molecule has 0 radical (unpaired) electrons. The largest absolute Gasteiger partial charge is 0.493 e. The summed E-state index contributed by atoms with van der Waals surface area (Å²) >= 11 is 1.23. The molecule has 1 N–H and O–H groups in total. The number of thiazole rings is 1. The summed E-state index contributed by atoms with van der Waals surface area (Å²) in [7, 11) is 0. The number of anilines is 1. The van der Waals surface area contributed by atoms with Gasteiger partial charge < -0.3 is 10.1 Å². The van der Waals surface area contributed by atoms with E-state index < -0.39 is 0 Å². The number of fused-ring (bicyclic) bond motifs is 1. The van der Waals surface area contributed by atoms with Crippen LogP contribution in [0.25, 0.3) is 0 Å². The molecular formula is C21H17N3O4S. The van der Waals surface area contributed by atoms with Crippen LogP contribution in [0.15, 0.2) is 60.8 Å². The zero-order chi connectivity index (χ0) is 20.2. The number of nitrogens with zero attached hydrogens (tertiary/aromatic N) is 2. The molecule has 8 heteroatoms. The number of ether oxygens (including phenoxy) is 1. The number of carbonyl (C=O) groups is 3. The number of imide groups is 1. The Balaban J connectivity index is 1.30. The molecular weight excluding hydrogens is 390 g/mol. The molecule has 7 nitrogen and oxygen atoms in total. The number of amides is 3. The average molecular weight is 407 g/mol. The van der Waals surface area contributed by atoms with Gasteiger partial charge in [0, 0.05) is 11.1 Å². The van der Waals surface area contributed by atoms with E-state index in [1.165, 1.54) is 16.2 Å². The zero-order valence-electron chi connectivity index (χ0n) is 15.3. The van der Waals surface area contributed by atoms with Gasteiger partial charge in [-0.25, -0.2) is 4.98 Å². The third-order valence-corrected chi connectivity index (χ3v) is 5.23. The van der Waals surface area contributed by atoms with Gasteiger partial charge in [-0.3, -0.25) is 19.3 Å². The summed E-state index contributed by atoms with van der Waals surface area (Å²) in [6.45, 7) is 0.375. The van der Waals surface area contributed by atoms with E-state index in [0.29, 0.717) is 26.9 Å². The minimum absolute atomic E-state index is 0.122. The molecule has 0 saturated carbocycles. The number of hydrogen-bond donors (Lipinski definition) is 1. The highest BCUT2D eigenvalue weighted by Gasteiger charge is 2.35. The molecule has 0 unspecified atom stereocenters. The van der Waals surface area contributed by atoms with Crippen molar-refractivity contribution >= 4 is 34.2 Å². The Kier molecular flexibility index (Phi) is 5.35. The minimum atomic E-state index is -0.317. The summed E-state index contributed by atoms with van der Waals surface area (Å²) in [4.78, 5) is 43.0. The van der Waals surface area contributed by atoms with Gasteiger partial charge >= 0.3 is 0 Å². The SMILES string of the molecule is O=C(CCOc1ccccc1)Nc1ncc(CN2C(=O)c3ccccc3C2=O)s1. The van der Waals surface area contributed by atoms with E-state index in [9.17, 15) is 14.4 Å². The van der Waals surface area contributed by atoms with Crippen LogP contribution in [0.5, 0.6) is 5.75 Å². The first-order valence-electron chi connectivity index (χ1n) is 8.99. The first kappa shape index (κ1) is 18.8. The number of aromatic nitrogens is 1. The third-order valence-electron chi connectivity index (χ3n) is 4.33. The second-order valence-electron chi connectivity index (χ2n) is 6.33. The van der Waals surface area contributed by atoms with Crippen molar-refractivity contribution in [1.29, 1.82) is 0 Å². The second-order valence-corrected chi connectivity index (χ2v) is 7.45. The molecule has 0 aliphatic carbocycles. The summed E-state index contributed by atoms with van der Waals surface area (Å²) in [5.41, 5.74) is 0.822. The van der Waals surface area contributed by atoms with Crippen molar-refractivity contribution in [1.82, 2.24) is 9.88 Å². The van der Waals surface area contributed by atoms with Crippen molar-refractivity contribution in [2.24, 2.45) is 0 Å². The minimum Gasteiger partial charge on any atom is -0.493 e. The third kappa shape index (κ3) is 4.17. The van der Waals surface area contributed by atoms with Crippen LogP contribution in [-0.4, -0.2) is 34.2 Å². The normalized spacial score (nSPS) is 12.8. The number of hydrogen-bond acceptors (Lipinski definition) is 6. The van der Waals surface area contributed by atoms with Gasteiger partial charge in [0.25, 0.3) is 11.8 Å². The first-order valence-corrected chi connectivity index (χ1v) is 9.81. The molecule has 1 aromatic heterocycles. The first-order chi connectivity index (χ1) is 14.1. The predicted octanol–water partition coefficient (Wildman–Crippen LogP) is 3.35. The Morgan fingerprint density at radius 3 is 2.34 bits per heavy atom. The van der Waals surface area contributed by atoms with Crippen LogP contribution in [0.3, 0.4) is 0 Å². The maximum Gasteiger partial charge on any atom is 0.261 e. The number of benzene rings is 2. The van der Waals surface area contributed by atoms with E-state index in [1.807, 2.05) is 30.3 Å². The smallest absolute Gasteiger partial charge is 0.261 e. The van der Waals surface area contributed by atoms with Crippen molar-refractivity contribution in [3.63, 3.8) is 0 Å². The zero-order valence-corrected chi connectivity index (χ0v) is 16.1. The van der Waals surface area contributed by atoms with Crippen molar-refractivity contribution in [2.45, 2.75) is 13.0 Å². The van der Waals surface area contributed by atoms with Crippen LogP contribution in [0, 0.1) is 0 Å². The van der Waals surface area contributed by atoms with Crippen LogP contribution in [0.1, 0.15) is 32.0 Å². The highest BCUT2D eigenvalue weighted by molar-refractivity contribution is 7.15. The van der Waals surface area contributed by atoms with Crippen LogP contribution >= 0.6 is 11.3 Å². The number of rotatable bonds is 7. The fourth-order valence-corrected chi connectivity index (χ4v) is 3.75. The molecule has 1 aliphatic heterocycles. The molecule has 0 saturated heterocycles. The van der Waals surface area contributed by atoms with E-state index in [4.69, 9.17) is 4.74 Å². The molecule has 4 rings (SSSR count). The second kappa shape index (κ2) is 8.24. The van der Waals surface area contributed by atoms with Gasteiger partial charge in [-0.2, -0.15) is 0 Å². The van der Waals surface area contributed by atoms with Crippen molar-refractivity contribution in [2.75, 3.05) is 11.9 Å². The Labute approximate surface area is 170 Å². The molecule has 0 fully saturated rings. The topological polar surface area (TPSA) is 88.6 Å². The van der Waals surface area contributed by atoms with Crippen molar-refractivity contribution in [3.8, 4) is 5.75 Å². The molecule has 3 aromatic rings. The van der Waals surface area contributed by atoms with Crippen LogP contribution < -0.4 is 10.1 Å². The number of para-hydroxylation sites is 1. The molecule has 146 valence electrons. The number of nitrogens with one attached hydrogen (secondary N) is 1. The molecule has 1 aliphatic rings. The van der Waals surface area contributed by atoms with E-state index in [2.05, 4.69) is 10.3 Å². The molecule has 29 heavy (non-hydrogen) atoms. The summed E-state index contributed by atoms with van der Waals surface area (Å²) in [5, 5.41) is 3.13.